The standard InChI is InChI=1S/C34H8F10N4/c35-23-21(24(36)28(40)31(43)27(23)39)11-1-3-13-15-7-20-16(8-19(15)33(47-9-45)17(13)5-11)14-4-2-12(6-18(14)34(20)48-10-46)22-25(37)29(41)32(44)30(42)26(22)38/h1-8H. The Labute approximate surface area is 259 Å². The SMILES string of the molecule is N#CN=c1c2cc(-c3c(F)c(F)c(F)c(F)c3F)ccc2c2cc3c(=NC#N)c4cc(-c5c(F)c(F)c(F)c(F)c5F)ccc4c3cc12. The topological polar surface area (TPSA) is 72.3 Å². The molecular formula is C34H8F10N4. The van der Waals surface area contributed by atoms with Crippen LogP contribution in [0.4, 0.5) is 43.9 Å². The Morgan fingerprint density at radius 1 is 0.354 bits per heavy atom. The molecule has 4 nitrogen and oxygen atoms in total. The molecule has 234 valence electrons. The van der Waals surface area contributed by atoms with Crippen LogP contribution in [0.25, 0.3) is 65.3 Å². The third kappa shape index (κ3) is 4.02. The predicted molar refractivity (Wildman–Crippen MR) is 152 cm³/mol. The highest BCUT2D eigenvalue weighted by Gasteiger charge is 2.29. The van der Waals surface area contributed by atoms with Crippen LogP contribution in [-0.4, -0.2) is 0 Å². The summed E-state index contributed by atoms with van der Waals surface area (Å²) >= 11 is 0. The van der Waals surface area contributed by atoms with Crippen molar-refractivity contribution in [2.75, 3.05) is 0 Å². The van der Waals surface area contributed by atoms with Crippen LogP contribution >= 0.6 is 0 Å². The molecule has 0 heterocycles. The van der Waals surface area contributed by atoms with Crippen LogP contribution in [0, 0.1) is 81.1 Å². The second-order valence-corrected chi connectivity index (χ2v) is 10.5. The number of rotatable bonds is 2. The molecule has 0 fully saturated rings. The highest BCUT2D eigenvalue weighted by Crippen LogP contribution is 2.38. The number of fused-ring (bicyclic) bond motifs is 6. The van der Waals surface area contributed by atoms with E-state index >= 15 is 0 Å². The van der Waals surface area contributed by atoms with Gasteiger partial charge in [-0.25, -0.2) is 43.9 Å². The molecule has 0 aliphatic rings. The number of nitrogens with zero attached hydrogens (tertiary/aromatic N) is 4. The van der Waals surface area contributed by atoms with Crippen LogP contribution < -0.4 is 10.7 Å². The first-order valence-electron chi connectivity index (χ1n) is 13.4. The second kappa shape index (κ2) is 10.6. The monoisotopic (exact) mass is 662 g/mol. The van der Waals surface area contributed by atoms with Gasteiger partial charge in [-0.3, -0.25) is 0 Å². The molecule has 48 heavy (non-hydrogen) atoms. The van der Waals surface area contributed by atoms with E-state index in [-0.39, 0.29) is 32.3 Å². The summed E-state index contributed by atoms with van der Waals surface area (Å²) in [7, 11) is 0. The van der Waals surface area contributed by atoms with E-state index in [9.17, 15) is 54.4 Å². The van der Waals surface area contributed by atoms with Crippen molar-refractivity contribution in [2.24, 2.45) is 9.98 Å². The van der Waals surface area contributed by atoms with Crippen molar-refractivity contribution < 1.29 is 43.9 Å². The summed E-state index contributed by atoms with van der Waals surface area (Å²) in [6.07, 6.45) is 3.22. The molecule has 7 aromatic rings. The molecule has 14 heteroatoms. The maximum absolute atomic E-state index is 14.7. The van der Waals surface area contributed by atoms with Gasteiger partial charge in [-0.2, -0.15) is 20.5 Å². The molecular weight excluding hydrogens is 654 g/mol. The molecule has 0 radical (unpaired) electrons. The fraction of sp³-hybridized carbons (Fsp3) is 0. The van der Waals surface area contributed by atoms with Gasteiger partial charge in [0.15, 0.2) is 46.5 Å². The van der Waals surface area contributed by atoms with Crippen molar-refractivity contribution in [3.8, 4) is 34.6 Å². The van der Waals surface area contributed by atoms with Gasteiger partial charge in [0.05, 0.1) is 21.8 Å². The normalized spacial score (nSPS) is 12.6. The van der Waals surface area contributed by atoms with Crippen molar-refractivity contribution in [3.63, 3.8) is 0 Å². The minimum Gasteiger partial charge on any atom is -0.203 e. The minimum atomic E-state index is -2.34. The Morgan fingerprint density at radius 2 is 0.646 bits per heavy atom. The third-order valence-corrected chi connectivity index (χ3v) is 8.12. The van der Waals surface area contributed by atoms with Gasteiger partial charge in [-0.05, 0) is 56.9 Å². The lowest BCUT2D eigenvalue weighted by molar-refractivity contribution is 0.381. The summed E-state index contributed by atoms with van der Waals surface area (Å²) in [6, 6.07) is 10.0. The lowest BCUT2D eigenvalue weighted by atomic mass is 10.0. The summed E-state index contributed by atoms with van der Waals surface area (Å²) in [5, 5.41) is 20.9. The highest BCUT2D eigenvalue weighted by atomic mass is 19.2. The van der Waals surface area contributed by atoms with Gasteiger partial charge in [0.25, 0.3) is 0 Å². The average Bonchev–Trinajstić information content (AvgIpc) is 3.55. The van der Waals surface area contributed by atoms with E-state index in [0.717, 1.165) is 24.3 Å². The predicted octanol–water partition coefficient (Wildman–Crippen LogP) is 8.66. The van der Waals surface area contributed by atoms with E-state index in [1.807, 2.05) is 0 Å². The fourth-order valence-corrected chi connectivity index (χ4v) is 6.05. The maximum Gasteiger partial charge on any atom is 0.206 e. The molecule has 0 saturated carbocycles. The van der Waals surface area contributed by atoms with Crippen molar-refractivity contribution in [1.29, 1.82) is 10.5 Å². The molecule has 7 rings (SSSR count). The van der Waals surface area contributed by atoms with Crippen LogP contribution in [0.2, 0.25) is 0 Å². The molecule has 0 aromatic heterocycles. The van der Waals surface area contributed by atoms with Gasteiger partial charge in [-0.1, -0.05) is 24.3 Å². The summed E-state index contributed by atoms with van der Waals surface area (Å²) in [5.41, 5.74) is -3.23. The summed E-state index contributed by atoms with van der Waals surface area (Å²) in [6.45, 7) is 0. The van der Waals surface area contributed by atoms with Crippen molar-refractivity contribution >= 4 is 43.1 Å². The number of hydrogen-bond donors (Lipinski definition) is 0. The van der Waals surface area contributed by atoms with E-state index in [1.54, 1.807) is 12.4 Å². The van der Waals surface area contributed by atoms with E-state index < -0.39 is 80.4 Å². The Hall–Kier alpha value is -6.28. The number of nitriles is 2. The van der Waals surface area contributed by atoms with E-state index in [2.05, 4.69) is 9.98 Å². The van der Waals surface area contributed by atoms with Gasteiger partial charge in [0, 0.05) is 21.5 Å². The van der Waals surface area contributed by atoms with E-state index in [4.69, 9.17) is 0 Å². The summed E-state index contributed by atoms with van der Waals surface area (Å²) in [5.74, 6) is -21.6. The van der Waals surface area contributed by atoms with Crippen LogP contribution in [-0.2, 0) is 0 Å². The first kappa shape index (κ1) is 30.4. The Balaban J connectivity index is 1.55. The first-order chi connectivity index (χ1) is 22.9. The van der Waals surface area contributed by atoms with Crippen molar-refractivity contribution in [2.45, 2.75) is 0 Å². The average molecular weight is 662 g/mol. The van der Waals surface area contributed by atoms with Crippen LogP contribution in [0.15, 0.2) is 58.5 Å². The Kier molecular flexibility index (Phi) is 6.73. The summed E-state index contributed by atoms with van der Waals surface area (Å²) in [4.78, 5) is 7.66. The van der Waals surface area contributed by atoms with E-state index in [1.165, 1.54) is 24.3 Å². The minimum absolute atomic E-state index is 0.0405. The number of hydrogen-bond acceptors (Lipinski definition) is 4. The Bertz CT molecular complexity index is 2570. The van der Waals surface area contributed by atoms with Crippen LogP contribution in [0.5, 0.6) is 0 Å². The molecule has 0 aliphatic carbocycles. The van der Waals surface area contributed by atoms with Crippen LogP contribution in [0.3, 0.4) is 0 Å². The Morgan fingerprint density at radius 3 is 0.958 bits per heavy atom. The molecule has 0 aliphatic heterocycles. The van der Waals surface area contributed by atoms with Gasteiger partial charge in [-0.15, -0.1) is 0 Å². The molecule has 0 saturated heterocycles. The second-order valence-electron chi connectivity index (χ2n) is 10.5. The first-order valence-corrected chi connectivity index (χ1v) is 13.4. The largest absolute Gasteiger partial charge is 0.206 e. The smallest absolute Gasteiger partial charge is 0.203 e. The molecule has 0 atom stereocenters. The third-order valence-electron chi connectivity index (χ3n) is 8.12. The van der Waals surface area contributed by atoms with Crippen molar-refractivity contribution in [3.05, 3.63) is 117 Å². The maximum atomic E-state index is 14.7. The lowest BCUT2D eigenvalue weighted by Crippen LogP contribution is -2.04. The highest BCUT2D eigenvalue weighted by molar-refractivity contribution is 6.21. The molecule has 0 unspecified atom stereocenters. The van der Waals surface area contributed by atoms with Gasteiger partial charge in [0.1, 0.15) is 0 Å². The molecule has 7 aromatic carbocycles. The lowest BCUT2D eigenvalue weighted by Gasteiger charge is -2.08. The molecule has 0 bridgehead atoms. The van der Waals surface area contributed by atoms with Gasteiger partial charge < -0.3 is 0 Å². The number of halogens is 10. The van der Waals surface area contributed by atoms with Gasteiger partial charge >= 0.3 is 0 Å². The van der Waals surface area contributed by atoms with Crippen molar-refractivity contribution in [1.82, 2.24) is 0 Å². The number of benzene rings is 5. The fourth-order valence-electron chi connectivity index (χ4n) is 6.05. The summed E-state index contributed by atoms with van der Waals surface area (Å²) < 4.78 is 142. The van der Waals surface area contributed by atoms with Gasteiger partial charge in [0.2, 0.25) is 24.0 Å². The zero-order valence-electron chi connectivity index (χ0n) is 23.2. The quantitative estimate of drug-likeness (QED) is 0.0805. The van der Waals surface area contributed by atoms with E-state index in [0.29, 0.717) is 21.5 Å². The molecule has 0 N–H and O–H groups in total. The zero-order chi connectivity index (χ0) is 34.3. The molecule has 0 amide bonds. The zero-order valence-corrected chi connectivity index (χ0v) is 23.2. The molecule has 0 spiro atoms. The van der Waals surface area contributed by atoms with Crippen LogP contribution in [0.1, 0.15) is 0 Å².